The number of nitriles is 1. The zero-order valence-electron chi connectivity index (χ0n) is 17.3. The molecule has 0 heterocycles. The summed E-state index contributed by atoms with van der Waals surface area (Å²) in [6.07, 6.45) is 1.44. The molecule has 0 aliphatic rings. The van der Waals surface area contributed by atoms with Crippen molar-refractivity contribution in [2.24, 2.45) is 0 Å². The predicted molar refractivity (Wildman–Crippen MR) is 115 cm³/mol. The average Bonchev–Trinajstić information content (AvgIpc) is 2.77. The van der Waals surface area contributed by atoms with E-state index < -0.39 is 11.9 Å². The van der Waals surface area contributed by atoms with Crippen molar-refractivity contribution in [3.05, 3.63) is 65.2 Å². The van der Waals surface area contributed by atoms with Crippen LogP contribution < -0.4 is 15.4 Å². The third-order valence-electron chi connectivity index (χ3n) is 3.95. The van der Waals surface area contributed by atoms with Gasteiger partial charge >= 0.3 is 5.97 Å². The van der Waals surface area contributed by atoms with E-state index >= 15 is 0 Å². The molecule has 31 heavy (non-hydrogen) atoms. The van der Waals surface area contributed by atoms with Gasteiger partial charge in [-0.05, 0) is 61.9 Å². The standard InChI is InChI=1S/C23H23N3O5/c1-3-25-21(27)15-31-20-11-5-16(6-12-20)13-18(14-24)22(28)26-19-9-7-17(8-10-19)23(29)30-4-2/h5-13H,3-4,15H2,1-2H3,(H,25,27)(H,26,28)/b18-13-. The summed E-state index contributed by atoms with van der Waals surface area (Å²) in [6, 6.07) is 14.7. The van der Waals surface area contributed by atoms with E-state index in [9.17, 15) is 19.6 Å². The summed E-state index contributed by atoms with van der Waals surface area (Å²) in [5.41, 5.74) is 1.33. The highest BCUT2D eigenvalue weighted by Gasteiger charge is 2.11. The Morgan fingerprint density at radius 2 is 1.71 bits per heavy atom. The van der Waals surface area contributed by atoms with Gasteiger partial charge in [0.1, 0.15) is 17.4 Å². The highest BCUT2D eigenvalue weighted by atomic mass is 16.5. The van der Waals surface area contributed by atoms with Crippen LogP contribution in [0.15, 0.2) is 54.1 Å². The third-order valence-corrected chi connectivity index (χ3v) is 3.95. The molecule has 8 heteroatoms. The van der Waals surface area contributed by atoms with Gasteiger partial charge < -0.3 is 20.1 Å². The number of benzene rings is 2. The number of esters is 1. The molecule has 0 aromatic heterocycles. The van der Waals surface area contributed by atoms with E-state index in [1.807, 2.05) is 13.0 Å². The number of carbonyl (C=O) groups excluding carboxylic acids is 3. The molecule has 0 radical (unpaired) electrons. The van der Waals surface area contributed by atoms with Crippen LogP contribution in [0.5, 0.6) is 5.75 Å². The number of likely N-dealkylation sites (N-methyl/N-ethyl adjacent to an activating group) is 1. The van der Waals surface area contributed by atoms with Crippen LogP contribution in [-0.4, -0.2) is 37.5 Å². The van der Waals surface area contributed by atoms with E-state index in [0.29, 0.717) is 29.1 Å². The van der Waals surface area contributed by atoms with Crippen LogP contribution in [0.3, 0.4) is 0 Å². The fourth-order valence-corrected chi connectivity index (χ4v) is 2.48. The van der Waals surface area contributed by atoms with E-state index in [1.54, 1.807) is 43.3 Å². The Hall–Kier alpha value is -4.12. The normalized spacial score (nSPS) is 10.5. The summed E-state index contributed by atoms with van der Waals surface area (Å²) >= 11 is 0. The van der Waals surface area contributed by atoms with Gasteiger partial charge in [0.2, 0.25) is 0 Å². The largest absolute Gasteiger partial charge is 0.484 e. The lowest BCUT2D eigenvalue weighted by Gasteiger charge is -2.07. The second-order valence-corrected chi connectivity index (χ2v) is 6.23. The molecule has 2 rings (SSSR count). The number of hydrogen-bond donors (Lipinski definition) is 2. The molecule has 2 aromatic rings. The van der Waals surface area contributed by atoms with Crippen molar-refractivity contribution < 1.29 is 23.9 Å². The molecule has 0 aliphatic heterocycles. The Labute approximate surface area is 180 Å². The molecule has 2 amide bonds. The number of nitrogens with one attached hydrogen (secondary N) is 2. The van der Waals surface area contributed by atoms with Gasteiger partial charge in [-0.2, -0.15) is 5.26 Å². The van der Waals surface area contributed by atoms with Crippen LogP contribution >= 0.6 is 0 Å². The fourth-order valence-electron chi connectivity index (χ4n) is 2.48. The molecule has 0 unspecified atom stereocenters. The van der Waals surface area contributed by atoms with E-state index in [-0.39, 0.29) is 24.7 Å². The van der Waals surface area contributed by atoms with Crippen molar-refractivity contribution in [3.8, 4) is 11.8 Å². The zero-order valence-corrected chi connectivity index (χ0v) is 17.3. The average molecular weight is 421 g/mol. The van der Waals surface area contributed by atoms with Crippen molar-refractivity contribution in [1.29, 1.82) is 5.26 Å². The van der Waals surface area contributed by atoms with Gasteiger partial charge in [-0.25, -0.2) is 4.79 Å². The van der Waals surface area contributed by atoms with Crippen molar-refractivity contribution >= 4 is 29.5 Å². The number of rotatable bonds is 9. The van der Waals surface area contributed by atoms with Crippen molar-refractivity contribution in [3.63, 3.8) is 0 Å². The first-order chi connectivity index (χ1) is 15.0. The Balaban J connectivity index is 2.01. The Bertz CT molecular complexity index is 989. The maximum absolute atomic E-state index is 12.4. The summed E-state index contributed by atoms with van der Waals surface area (Å²) < 4.78 is 10.3. The fraction of sp³-hybridized carbons (Fsp3) is 0.217. The molecule has 0 atom stereocenters. The van der Waals surface area contributed by atoms with Gasteiger partial charge in [0.25, 0.3) is 11.8 Å². The topological polar surface area (TPSA) is 118 Å². The molecular formula is C23H23N3O5. The van der Waals surface area contributed by atoms with Gasteiger partial charge in [-0.3, -0.25) is 9.59 Å². The quantitative estimate of drug-likeness (QED) is 0.365. The Morgan fingerprint density at radius 3 is 2.29 bits per heavy atom. The van der Waals surface area contributed by atoms with E-state index in [0.717, 1.165) is 0 Å². The second-order valence-electron chi connectivity index (χ2n) is 6.23. The van der Waals surface area contributed by atoms with Crippen molar-refractivity contribution in [1.82, 2.24) is 5.32 Å². The van der Waals surface area contributed by atoms with Crippen LogP contribution in [0.2, 0.25) is 0 Å². The summed E-state index contributed by atoms with van der Waals surface area (Å²) in [6.45, 7) is 4.24. The first-order valence-electron chi connectivity index (χ1n) is 9.66. The van der Waals surface area contributed by atoms with Crippen LogP contribution in [0.1, 0.15) is 29.8 Å². The van der Waals surface area contributed by atoms with Crippen molar-refractivity contribution in [2.45, 2.75) is 13.8 Å². The number of hydrogen-bond acceptors (Lipinski definition) is 6. The van der Waals surface area contributed by atoms with E-state index in [4.69, 9.17) is 9.47 Å². The summed E-state index contributed by atoms with van der Waals surface area (Å²) in [5, 5.41) is 14.6. The molecular weight excluding hydrogens is 398 g/mol. The maximum Gasteiger partial charge on any atom is 0.338 e. The Morgan fingerprint density at radius 1 is 1.03 bits per heavy atom. The van der Waals surface area contributed by atoms with Gasteiger partial charge in [-0.1, -0.05) is 12.1 Å². The van der Waals surface area contributed by atoms with Gasteiger partial charge in [0.15, 0.2) is 6.61 Å². The monoisotopic (exact) mass is 421 g/mol. The molecule has 8 nitrogen and oxygen atoms in total. The molecule has 0 saturated carbocycles. The predicted octanol–water partition coefficient (Wildman–Crippen LogP) is 2.92. The number of amides is 2. The minimum atomic E-state index is -0.581. The van der Waals surface area contributed by atoms with Crippen LogP contribution in [0, 0.1) is 11.3 Å². The summed E-state index contributed by atoms with van der Waals surface area (Å²) in [7, 11) is 0. The summed E-state index contributed by atoms with van der Waals surface area (Å²) in [4.78, 5) is 35.5. The zero-order chi connectivity index (χ0) is 22.6. The molecule has 0 bridgehead atoms. The third kappa shape index (κ3) is 7.33. The lowest BCUT2D eigenvalue weighted by molar-refractivity contribution is -0.123. The molecule has 2 N–H and O–H groups in total. The number of carbonyl (C=O) groups is 3. The lowest BCUT2D eigenvalue weighted by atomic mass is 10.1. The van der Waals surface area contributed by atoms with Gasteiger partial charge in [0.05, 0.1) is 12.2 Å². The number of nitrogens with zero attached hydrogens (tertiary/aromatic N) is 1. The number of ether oxygens (including phenoxy) is 2. The first kappa shape index (κ1) is 23.2. The van der Waals surface area contributed by atoms with Crippen LogP contribution in [0.4, 0.5) is 5.69 Å². The molecule has 0 aliphatic carbocycles. The molecule has 160 valence electrons. The molecule has 0 spiro atoms. The SMILES string of the molecule is CCNC(=O)COc1ccc(/C=C(/C#N)C(=O)Nc2ccc(C(=O)OCC)cc2)cc1. The van der Waals surface area contributed by atoms with E-state index in [1.165, 1.54) is 18.2 Å². The lowest BCUT2D eigenvalue weighted by Crippen LogP contribution is -2.28. The highest BCUT2D eigenvalue weighted by Crippen LogP contribution is 2.16. The highest BCUT2D eigenvalue weighted by molar-refractivity contribution is 6.09. The Kier molecular flexibility index (Phi) is 8.80. The minimum absolute atomic E-state index is 0.0922. The maximum atomic E-state index is 12.4. The molecule has 0 saturated heterocycles. The minimum Gasteiger partial charge on any atom is -0.484 e. The molecule has 0 fully saturated rings. The van der Waals surface area contributed by atoms with Crippen LogP contribution in [-0.2, 0) is 14.3 Å². The van der Waals surface area contributed by atoms with Crippen molar-refractivity contribution in [2.75, 3.05) is 25.1 Å². The number of anilines is 1. The van der Waals surface area contributed by atoms with Gasteiger partial charge in [0, 0.05) is 12.2 Å². The second kappa shape index (κ2) is 11.8. The summed E-state index contributed by atoms with van der Waals surface area (Å²) in [5.74, 6) is -0.752. The van der Waals surface area contributed by atoms with Crippen LogP contribution in [0.25, 0.3) is 6.08 Å². The van der Waals surface area contributed by atoms with E-state index in [2.05, 4.69) is 10.6 Å². The smallest absolute Gasteiger partial charge is 0.338 e. The molecule has 2 aromatic carbocycles. The first-order valence-corrected chi connectivity index (χ1v) is 9.66. The van der Waals surface area contributed by atoms with Gasteiger partial charge in [-0.15, -0.1) is 0 Å².